The molecule has 11 heteroatoms. The van der Waals surface area contributed by atoms with E-state index in [1.165, 1.54) is 31.2 Å². The highest BCUT2D eigenvalue weighted by Crippen LogP contribution is 2.31. The maximum Gasteiger partial charge on any atom is 0.303 e. The second-order valence-corrected chi connectivity index (χ2v) is 6.87. The highest BCUT2D eigenvalue weighted by molar-refractivity contribution is 5.74. The molecule has 0 radical (unpaired) electrons. The summed E-state index contributed by atoms with van der Waals surface area (Å²) in [7, 11) is 0. The fraction of sp³-hybridized carbons (Fsp3) is 0.476. The van der Waals surface area contributed by atoms with E-state index in [0.29, 0.717) is 11.8 Å². The van der Waals surface area contributed by atoms with E-state index in [4.69, 9.17) is 28.4 Å². The van der Waals surface area contributed by atoms with Gasteiger partial charge in [0.05, 0.1) is 0 Å². The zero-order chi connectivity index (χ0) is 23.8. The third-order valence-electron chi connectivity index (χ3n) is 4.22. The molecule has 1 fully saturated rings. The van der Waals surface area contributed by atoms with Gasteiger partial charge in [0.2, 0.25) is 12.4 Å². The predicted octanol–water partition coefficient (Wildman–Crippen LogP) is 0.961. The Bertz CT molecular complexity index is 848. The zero-order valence-electron chi connectivity index (χ0n) is 18.0. The Morgan fingerprint density at radius 1 is 0.812 bits per heavy atom. The molecule has 5 atom stereocenters. The molecule has 32 heavy (non-hydrogen) atoms. The van der Waals surface area contributed by atoms with E-state index >= 15 is 0 Å². The maximum absolute atomic E-state index is 11.8. The first-order chi connectivity index (χ1) is 15.1. The van der Waals surface area contributed by atoms with Crippen LogP contribution in [0.15, 0.2) is 24.3 Å². The van der Waals surface area contributed by atoms with Crippen LogP contribution in [0.1, 0.15) is 38.1 Å². The first-order valence-electron chi connectivity index (χ1n) is 9.63. The van der Waals surface area contributed by atoms with Gasteiger partial charge in [-0.25, -0.2) is 0 Å². The van der Waals surface area contributed by atoms with Crippen LogP contribution in [0.4, 0.5) is 0 Å². The van der Waals surface area contributed by atoms with Crippen molar-refractivity contribution in [3.8, 4) is 5.75 Å². The van der Waals surface area contributed by atoms with Gasteiger partial charge >= 0.3 is 23.9 Å². The lowest BCUT2D eigenvalue weighted by Gasteiger charge is -2.43. The average molecular weight is 452 g/mol. The molecule has 0 amide bonds. The van der Waals surface area contributed by atoms with Gasteiger partial charge in [0.1, 0.15) is 24.7 Å². The summed E-state index contributed by atoms with van der Waals surface area (Å²) in [5.41, 5.74) is 0.402. The summed E-state index contributed by atoms with van der Waals surface area (Å²) in [6, 6.07) is 5.96. The SMILES string of the molecule is CC(=O)OC[C@H]1O[C@H](Oc2ccc(C=O)cc2)[C@@H](OC(C)=O)[C@@H](OC(C)=O)[C@@H]1OC(C)=O. The lowest BCUT2D eigenvalue weighted by Crippen LogP contribution is -2.63. The van der Waals surface area contributed by atoms with Gasteiger partial charge in [-0.1, -0.05) is 0 Å². The van der Waals surface area contributed by atoms with E-state index in [9.17, 15) is 24.0 Å². The van der Waals surface area contributed by atoms with Crippen LogP contribution in [0, 0.1) is 0 Å². The normalized spacial score (nSPS) is 24.6. The van der Waals surface area contributed by atoms with Crippen molar-refractivity contribution in [2.45, 2.75) is 58.4 Å². The lowest BCUT2D eigenvalue weighted by atomic mass is 9.98. The minimum Gasteiger partial charge on any atom is -0.463 e. The Morgan fingerprint density at radius 2 is 1.34 bits per heavy atom. The van der Waals surface area contributed by atoms with Crippen molar-refractivity contribution in [3.63, 3.8) is 0 Å². The van der Waals surface area contributed by atoms with Crippen LogP contribution in [-0.2, 0) is 42.9 Å². The number of ether oxygens (including phenoxy) is 6. The molecule has 0 saturated carbocycles. The molecule has 1 aromatic rings. The summed E-state index contributed by atoms with van der Waals surface area (Å²) in [4.78, 5) is 57.4. The molecule has 1 saturated heterocycles. The number of carbonyl (C=O) groups is 5. The number of benzene rings is 1. The number of hydrogen-bond donors (Lipinski definition) is 0. The lowest BCUT2D eigenvalue weighted by molar-refractivity contribution is -0.288. The summed E-state index contributed by atoms with van der Waals surface area (Å²) in [5.74, 6) is -2.58. The average Bonchev–Trinajstić information content (AvgIpc) is 2.70. The van der Waals surface area contributed by atoms with Crippen LogP contribution in [-0.4, -0.2) is 67.5 Å². The van der Waals surface area contributed by atoms with E-state index in [-0.39, 0.29) is 12.4 Å². The molecule has 0 aromatic heterocycles. The topological polar surface area (TPSA) is 141 Å². The largest absolute Gasteiger partial charge is 0.463 e. The molecule has 0 aliphatic carbocycles. The smallest absolute Gasteiger partial charge is 0.303 e. The molecule has 0 bridgehead atoms. The third-order valence-corrected chi connectivity index (χ3v) is 4.22. The van der Waals surface area contributed by atoms with Crippen LogP contribution in [0.5, 0.6) is 5.75 Å². The summed E-state index contributed by atoms with van der Waals surface area (Å²) < 4.78 is 32.5. The predicted molar refractivity (Wildman–Crippen MR) is 104 cm³/mol. The van der Waals surface area contributed by atoms with Gasteiger partial charge < -0.3 is 28.4 Å². The molecule has 1 aliphatic heterocycles. The van der Waals surface area contributed by atoms with Gasteiger partial charge in [0, 0.05) is 33.3 Å². The fourth-order valence-electron chi connectivity index (χ4n) is 3.04. The molecule has 2 rings (SSSR count). The van der Waals surface area contributed by atoms with Crippen LogP contribution in [0.2, 0.25) is 0 Å². The molecule has 0 spiro atoms. The zero-order valence-corrected chi connectivity index (χ0v) is 18.0. The van der Waals surface area contributed by atoms with Crippen molar-refractivity contribution < 1.29 is 52.4 Å². The van der Waals surface area contributed by atoms with Crippen LogP contribution < -0.4 is 4.74 Å². The van der Waals surface area contributed by atoms with E-state index in [0.717, 1.165) is 20.8 Å². The second-order valence-electron chi connectivity index (χ2n) is 6.87. The van der Waals surface area contributed by atoms with Crippen molar-refractivity contribution in [1.29, 1.82) is 0 Å². The van der Waals surface area contributed by atoms with Crippen LogP contribution >= 0.6 is 0 Å². The van der Waals surface area contributed by atoms with E-state index in [2.05, 4.69) is 0 Å². The first-order valence-corrected chi connectivity index (χ1v) is 9.63. The summed E-state index contributed by atoms with van der Waals surface area (Å²) in [6.07, 6.45) is -5.72. The number of aldehydes is 1. The number of carbonyl (C=O) groups excluding carboxylic acids is 5. The number of rotatable bonds is 8. The van der Waals surface area contributed by atoms with E-state index < -0.39 is 54.6 Å². The molecule has 11 nitrogen and oxygen atoms in total. The van der Waals surface area contributed by atoms with Gasteiger partial charge in [-0.2, -0.15) is 0 Å². The Hall–Kier alpha value is -3.47. The molecule has 1 heterocycles. The highest BCUT2D eigenvalue weighted by Gasteiger charge is 2.53. The highest BCUT2D eigenvalue weighted by atomic mass is 16.7. The molecule has 174 valence electrons. The Labute approximate surface area is 183 Å². The Morgan fingerprint density at radius 3 is 1.84 bits per heavy atom. The molecule has 0 N–H and O–H groups in total. The van der Waals surface area contributed by atoms with Crippen LogP contribution in [0.25, 0.3) is 0 Å². The molecule has 1 aromatic carbocycles. The maximum atomic E-state index is 11.8. The molecule has 1 aliphatic rings. The van der Waals surface area contributed by atoms with E-state index in [1.54, 1.807) is 0 Å². The van der Waals surface area contributed by atoms with Crippen molar-refractivity contribution in [2.24, 2.45) is 0 Å². The van der Waals surface area contributed by atoms with Crippen LogP contribution in [0.3, 0.4) is 0 Å². The number of esters is 4. The van der Waals surface area contributed by atoms with Crippen molar-refractivity contribution in [3.05, 3.63) is 29.8 Å². The first kappa shape index (κ1) is 24.8. The van der Waals surface area contributed by atoms with Gasteiger partial charge in [0.15, 0.2) is 12.2 Å². The summed E-state index contributed by atoms with van der Waals surface area (Å²) in [5, 5.41) is 0. The summed E-state index contributed by atoms with van der Waals surface area (Å²) in [6.45, 7) is 4.21. The van der Waals surface area contributed by atoms with Gasteiger partial charge in [0.25, 0.3) is 0 Å². The molecular formula is C21H24O11. The van der Waals surface area contributed by atoms with Gasteiger partial charge in [-0.3, -0.25) is 24.0 Å². The van der Waals surface area contributed by atoms with Crippen molar-refractivity contribution in [1.82, 2.24) is 0 Å². The minimum atomic E-state index is -1.34. The van der Waals surface area contributed by atoms with Crippen molar-refractivity contribution in [2.75, 3.05) is 6.61 Å². The molecule has 0 unspecified atom stereocenters. The molecular weight excluding hydrogens is 428 g/mol. The Balaban J connectivity index is 2.43. The van der Waals surface area contributed by atoms with Crippen molar-refractivity contribution >= 4 is 30.2 Å². The fourth-order valence-corrected chi connectivity index (χ4v) is 3.04. The Kier molecular flexibility index (Phi) is 8.71. The summed E-state index contributed by atoms with van der Waals surface area (Å²) >= 11 is 0. The standard InChI is InChI=1S/C21H24O11/c1-11(23)27-10-17-18(28-12(2)24)19(29-13(3)25)20(30-14(4)26)21(32-17)31-16-7-5-15(9-22)6-8-16/h5-9,17-21H,10H2,1-4H3/t17-,18-,19+,20+,21+/m1/s1. The monoisotopic (exact) mass is 452 g/mol. The minimum absolute atomic E-state index is 0.247. The van der Waals surface area contributed by atoms with E-state index in [1.807, 2.05) is 0 Å². The third kappa shape index (κ3) is 7.05. The van der Waals surface area contributed by atoms with Gasteiger partial charge in [-0.05, 0) is 24.3 Å². The quantitative estimate of drug-likeness (QED) is 0.316. The number of hydrogen-bond acceptors (Lipinski definition) is 11. The second kappa shape index (κ2) is 11.2. The van der Waals surface area contributed by atoms with Gasteiger partial charge in [-0.15, -0.1) is 0 Å².